The number of halogens is 1. The third-order valence-electron chi connectivity index (χ3n) is 2.78. The Hall–Kier alpha value is -1.20. The zero-order valence-electron chi connectivity index (χ0n) is 9.53. The summed E-state index contributed by atoms with van der Waals surface area (Å²) >= 11 is 5.59. The highest BCUT2D eigenvalue weighted by Crippen LogP contribution is 2.05. The quantitative estimate of drug-likeness (QED) is 0.870. The van der Waals surface area contributed by atoms with E-state index in [1.807, 2.05) is 0 Å². The van der Waals surface area contributed by atoms with E-state index in [1.165, 1.54) is 12.8 Å². The molecular formula is C11H15ClN4O. The van der Waals surface area contributed by atoms with Gasteiger partial charge in [0.1, 0.15) is 0 Å². The Kier molecular flexibility index (Phi) is 4.28. The number of amides is 1. The van der Waals surface area contributed by atoms with E-state index in [-0.39, 0.29) is 5.91 Å². The van der Waals surface area contributed by atoms with Crippen LogP contribution in [0.4, 0.5) is 0 Å². The van der Waals surface area contributed by atoms with Gasteiger partial charge in [0, 0.05) is 13.1 Å². The van der Waals surface area contributed by atoms with Gasteiger partial charge in [-0.1, -0.05) is 11.6 Å². The average Bonchev–Trinajstić information content (AvgIpc) is 2.83. The maximum absolute atomic E-state index is 11.7. The molecule has 0 radical (unpaired) electrons. The van der Waals surface area contributed by atoms with Crippen molar-refractivity contribution in [2.75, 3.05) is 26.2 Å². The molecule has 1 amide bonds. The molecule has 0 spiro atoms. The number of aromatic nitrogens is 2. The first-order chi connectivity index (χ1) is 8.25. The van der Waals surface area contributed by atoms with Crippen LogP contribution < -0.4 is 5.32 Å². The summed E-state index contributed by atoms with van der Waals surface area (Å²) in [6.45, 7) is 3.81. The van der Waals surface area contributed by atoms with Gasteiger partial charge in [-0.3, -0.25) is 4.79 Å². The molecule has 2 rings (SSSR count). The molecule has 0 bridgehead atoms. The predicted octanol–water partition coefficient (Wildman–Crippen LogP) is 0.956. The van der Waals surface area contributed by atoms with E-state index in [1.54, 1.807) is 12.1 Å². The van der Waals surface area contributed by atoms with Crippen LogP contribution in [0, 0.1) is 0 Å². The second-order valence-electron chi connectivity index (χ2n) is 4.05. The number of rotatable bonds is 4. The highest BCUT2D eigenvalue weighted by molar-refractivity contribution is 6.29. The monoisotopic (exact) mass is 254 g/mol. The fourth-order valence-corrected chi connectivity index (χ4v) is 1.96. The van der Waals surface area contributed by atoms with E-state index in [0.29, 0.717) is 17.4 Å². The Morgan fingerprint density at radius 3 is 2.76 bits per heavy atom. The third-order valence-corrected chi connectivity index (χ3v) is 2.98. The molecule has 0 atom stereocenters. The summed E-state index contributed by atoms with van der Waals surface area (Å²) in [6.07, 6.45) is 2.52. The minimum atomic E-state index is -0.201. The van der Waals surface area contributed by atoms with Crippen LogP contribution in [0.15, 0.2) is 12.1 Å². The lowest BCUT2D eigenvalue weighted by Crippen LogP contribution is -2.33. The van der Waals surface area contributed by atoms with Gasteiger partial charge in [0.15, 0.2) is 10.8 Å². The number of nitrogens with zero attached hydrogens (tertiary/aromatic N) is 3. The molecule has 1 saturated heterocycles. The molecule has 0 saturated carbocycles. The van der Waals surface area contributed by atoms with Crippen LogP contribution in [-0.4, -0.2) is 47.2 Å². The van der Waals surface area contributed by atoms with Crippen LogP contribution in [0.25, 0.3) is 0 Å². The molecule has 1 aliphatic rings. The molecule has 1 N–H and O–H groups in total. The summed E-state index contributed by atoms with van der Waals surface area (Å²) in [5, 5.41) is 10.5. The summed E-state index contributed by atoms with van der Waals surface area (Å²) < 4.78 is 0. The highest BCUT2D eigenvalue weighted by Gasteiger charge is 2.12. The van der Waals surface area contributed by atoms with Crippen molar-refractivity contribution in [1.29, 1.82) is 0 Å². The van der Waals surface area contributed by atoms with E-state index in [0.717, 1.165) is 19.6 Å². The van der Waals surface area contributed by atoms with Crippen LogP contribution in [0.3, 0.4) is 0 Å². The smallest absolute Gasteiger partial charge is 0.271 e. The van der Waals surface area contributed by atoms with Gasteiger partial charge in [-0.2, -0.15) is 0 Å². The van der Waals surface area contributed by atoms with Crippen molar-refractivity contribution in [2.24, 2.45) is 0 Å². The Labute approximate surface area is 105 Å². The summed E-state index contributed by atoms with van der Waals surface area (Å²) in [7, 11) is 0. The molecular weight excluding hydrogens is 240 g/mol. The molecule has 5 nitrogen and oxygen atoms in total. The van der Waals surface area contributed by atoms with E-state index in [9.17, 15) is 4.79 Å². The first kappa shape index (κ1) is 12.3. The fraction of sp³-hybridized carbons (Fsp3) is 0.545. The van der Waals surface area contributed by atoms with Crippen molar-refractivity contribution in [3.63, 3.8) is 0 Å². The maximum atomic E-state index is 11.7. The van der Waals surface area contributed by atoms with Gasteiger partial charge in [-0.15, -0.1) is 10.2 Å². The molecule has 1 aromatic rings. The highest BCUT2D eigenvalue weighted by atomic mass is 35.5. The Bertz CT molecular complexity index is 376. The molecule has 0 aromatic carbocycles. The summed E-state index contributed by atoms with van der Waals surface area (Å²) in [4.78, 5) is 14.0. The molecule has 0 unspecified atom stereocenters. The second-order valence-corrected chi connectivity index (χ2v) is 4.43. The number of hydrogen-bond acceptors (Lipinski definition) is 4. The standard InChI is InChI=1S/C11H15ClN4O/c12-10-4-3-9(14-15-10)11(17)13-5-8-16-6-1-2-7-16/h3-4H,1-2,5-8H2,(H,13,17). The molecule has 92 valence electrons. The van der Waals surface area contributed by atoms with Crippen LogP contribution in [0.2, 0.25) is 5.15 Å². The lowest BCUT2D eigenvalue weighted by molar-refractivity contribution is 0.0944. The SMILES string of the molecule is O=C(NCCN1CCCC1)c1ccc(Cl)nn1. The first-order valence-electron chi connectivity index (χ1n) is 5.75. The van der Waals surface area contributed by atoms with Crippen molar-refractivity contribution in [3.8, 4) is 0 Å². The van der Waals surface area contributed by atoms with Crippen molar-refractivity contribution in [1.82, 2.24) is 20.4 Å². The van der Waals surface area contributed by atoms with E-state index < -0.39 is 0 Å². The Morgan fingerprint density at radius 1 is 1.35 bits per heavy atom. The van der Waals surface area contributed by atoms with Crippen molar-refractivity contribution >= 4 is 17.5 Å². The summed E-state index contributed by atoms with van der Waals surface area (Å²) in [5.41, 5.74) is 0.302. The first-order valence-corrected chi connectivity index (χ1v) is 6.13. The number of nitrogens with one attached hydrogen (secondary N) is 1. The topological polar surface area (TPSA) is 58.1 Å². The maximum Gasteiger partial charge on any atom is 0.271 e. The number of hydrogen-bond donors (Lipinski definition) is 1. The molecule has 17 heavy (non-hydrogen) atoms. The lowest BCUT2D eigenvalue weighted by Gasteiger charge is -2.14. The molecule has 0 aliphatic carbocycles. The van der Waals surface area contributed by atoms with Gasteiger partial charge < -0.3 is 10.2 Å². The number of carbonyl (C=O) groups is 1. The molecule has 6 heteroatoms. The van der Waals surface area contributed by atoms with Gasteiger partial charge in [0.05, 0.1) is 0 Å². The van der Waals surface area contributed by atoms with Gasteiger partial charge in [0.25, 0.3) is 5.91 Å². The van der Waals surface area contributed by atoms with Gasteiger partial charge >= 0.3 is 0 Å². The molecule has 1 aliphatic heterocycles. The Balaban J connectivity index is 1.75. The van der Waals surface area contributed by atoms with Crippen molar-refractivity contribution in [2.45, 2.75) is 12.8 Å². The second kappa shape index (κ2) is 5.93. The normalized spacial score (nSPS) is 16.1. The zero-order chi connectivity index (χ0) is 12.1. The fourth-order valence-electron chi connectivity index (χ4n) is 1.86. The largest absolute Gasteiger partial charge is 0.349 e. The van der Waals surface area contributed by atoms with Crippen molar-refractivity contribution in [3.05, 3.63) is 23.0 Å². The molecule has 1 aromatic heterocycles. The number of likely N-dealkylation sites (tertiary alicyclic amines) is 1. The minimum absolute atomic E-state index is 0.201. The molecule has 1 fully saturated rings. The predicted molar refractivity (Wildman–Crippen MR) is 65.0 cm³/mol. The van der Waals surface area contributed by atoms with Crippen molar-refractivity contribution < 1.29 is 4.79 Å². The zero-order valence-corrected chi connectivity index (χ0v) is 10.3. The van der Waals surface area contributed by atoms with Crippen LogP contribution in [0.5, 0.6) is 0 Å². The third kappa shape index (κ3) is 3.64. The number of carbonyl (C=O) groups excluding carboxylic acids is 1. The van der Waals surface area contributed by atoms with E-state index >= 15 is 0 Å². The minimum Gasteiger partial charge on any atom is -0.349 e. The Morgan fingerprint density at radius 2 is 2.12 bits per heavy atom. The molecule has 2 heterocycles. The summed E-state index contributed by atoms with van der Waals surface area (Å²) in [6, 6.07) is 3.13. The lowest BCUT2D eigenvalue weighted by atomic mass is 10.3. The van der Waals surface area contributed by atoms with Crippen LogP contribution in [0.1, 0.15) is 23.3 Å². The van der Waals surface area contributed by atoms with Crippen LogP contribution in [-0.2, 0) is 0 Å². The van der Waals surface area contributed by atoms with E-state index in [2.05, 4.69) is 20.4 Å². The van der Waals surface area contributed by atoms with E-state index in [4.69, 9.17) is 11.6 Å². The van der Waals surface area contributed by atoms with Gasteiger partial charge in [-0.05, 0) is 38.1 Å². The van der Waals surface area contributed by atoms with Gasteiger partial charge in [0.2, 0.25) is 0 Å². The average molecular weight is 255 g/mol. The van der Waals surface area contributed by atoms with Gasteiger partial charge in [-0.25, -0.2) is 0 Å². The summed E-state index contributed by atoms with van der Waals surface area (Å²) in [5.74, 6) is -0.201. The van der Waals surface area contributed by atoms with Crippen LogP contribution >= 0.6 is 11.6 Å².